The van der Waals surface area contributed by atoms with Crippen molar-refractivity contribution in [2.45, 2.75) is 4.90 Å². The van der Waals surface area contributed by atoms with Gasteiger partial charge in [0.25, 0.3) is 15.9 Å². The summed E-state index contributed by atoms with van der Waals surface area (Å²) in [5.74, 6) is -2.19. The van der Waals surface area contributed by atoms with Crippen LogP contribution in [0.4, 0.5) is 4.39 Å². The molecule has 0 aliphatic carbocycles. The third-order valence-corrected chi connectivity index (χ3v) is 6.51. The highest BCUT2D eigenvalue weighted by atomic mass is 35.5. The van der Waals surface area contributed by atoms with E-state index in [9.17, 15) is 22.4 Å². The molecule has 0 spiro atoms. The molecule has 1 aliphatic rings. The maximum atomic E-state index is 13.8. The molecule has 1 fully saturated rings. The second kappa shape index (κ2) is 8.63. The quantitative estimate of drug-likeness (QED) is 0.690. The molecule has 0 aromatic heterocycles. The Morgan fingerprint density at radius 1 is 1.17 bits per heavy atom. The fraction of sp³-hybridized carbons (Fsp3) is 0.158. The predicted octanol–water partition coefficient (Wildman–Crippen LogP) is 2.87. The van der Waals surface area contributed by atoms with Gasteiger partial charge in [0.05, 0.1) is 17.0 Å². The number of nitrogens with one attached hydrogen (secondary N) is 1. The van der Waals surface area contributed by atoms with E-state index in [0.717, 1.165) is 12.1 Å². The zero-order valence-corrected chi connectivity index (χ0v) is 17.8. The molecule has 30 heavy (non-hydrogen) atoms. The molecule has 3 rings (SSSR count). The Labute approximate surface area is 182 Å². The summed E-state index contributed by atoms with van der Waals surface area (Å²) in [5, 5.41) is 2.73. The van der Waals surface area contributed by atoms with Crippen molar-refractivity contribution in [3.05, 3.63) is 63.4 Å². The van der Waals surface area contributed by atoms with Gasteiger partial charge < -0.3 is 10.1 Å². The fourth-order valence-electron chi connectivity index (χ4n) is 2.82. The number of ether oxygens (including phenoxy) is 1. The minimum atomic E-state index is -4.35. The summed E-state index contributed by atoms with van der Waals surface area (Å²) in [6, 6.07) is 7.28. The van der Waals surface area contributed by atoms with Crippen molar-refractivity contribution in [1.82, 2.24) is 9.62 Å². The summed E-state index contributed by atoms with van der Waals surface area (Å²) < 4.78 is 45.4. The van der Waals surface area contributed by atoms with E-state index >= 15 is 0 Å². The van der Waals surface area contributed by atoms with Gasteiger partial charge in [-0.2, -0.15) is 0 Å². The van der Waals surface area contributed by atoms with Crippen LogP contribution in [0.5, 0.6) is 5.75 Å². The number of benzene rings is 2. The van der Waals surface area contributed by atoms with Crippen molar-refractivity contribution < 1.29 is 27.1 Å². The van der Waals surface area contributed by atoms with Gasteiger partial charge in [-0.05, 0) is 42.5 Å². The van der Waals surface area contributed by atoms with Crippen molar-refractivity contribution in [2.24, 2.45) is 0 Å². The Balaban J connectivity index is 2.09. The summed E-state index contributed by atoms with van der Waals surface area (Å²) in [4.78, 5) is 24.9. The van der Waals surface area contributed by atoms with Crippen LogP contribution in [0, 0.1) is 5.82 Å². The van der Waals surface area contributed by atoms with Gasteiger partial charge in [-0.15, -0.1) is 0 Å². The van der Waals surface area contributed by atoms with Crippen molar-refractivity contribution in [3.63, 3.8) is 0 Å². The molecule has 0 bridgehead atoms. The summed E-state index contributed by atoms with van der Waals surface area (Å²) in [6.45, 7) is -0.968. The van der Waals surface area contributed by atoms with E-state index in [1.807, 2.05) is 0 Å². The number of halogens is 3. The highest BCUT2D eigenvalue weighted by Crippen LogP contribution is 2.32. The maximum Gasteiger partial charge on any atom is 0.267 e. The highest BCUT2D eigenvalue weighted by Gasteiger charge is 2.35. The zero-order valence-electron chi connectivity index (χ0n) is 15.5. The van der Waals surface area contributed by atoms with E-state index in [1.165, 1.54) is 37.5 Å². The lowest BCUT2D eigenvalue weighted by atomic mass is 10.1. The molecule has 1 aliphatic heterocycles. The Hall–Kier alpha value is -2.62. The molecular formula is C19H15Cl2FN2O5S. The maximum absolute atomic E-state index is 13.8. The minimum absolute atomic E-state index is 0.0277. The van der Waals surface area contributed by atoms with E-state index in [1.54, 1.807) is 0 Å². The average Bonchev–Trinajstić information content (AvgIpc) is 2.82. The first-order valence-corrected chi connectivity index (χ1v) is 10.7. The van der Waals surface area contributed by atoms with Crippen molar-refractivity contribution in [3.8, 4) is 5.75 Å². The van der Waals surface area contributed by atoms with Crippen LogP contribution in [0.1, 0.15) is 5.56 Å². The van der Waals surface area contributed by atoms with Crippen LogP contribution < -0.4 is 10.1 Å². The van der Waals surface area contributed by atoms with Crippen LogP contribution in [-0.4, -0.2) is 44.7 Å². The second-order valence-corrected chi connectivity index (χ2v) is 8.93. The van der Waals surface area contributed by atoms with Crippen molar-refractivity contribution >= 4 is 51.1 Å². The number of hydrogen-bond donors (Lipinski definition) is 1. The largest absolute Gasteiger partial charge is 0.495 e. The molecular weight excluding hydrogens is 458 g/mol. The molecule has 7 nitrogen and oxygen atoms in total. The third-order valence-electron chi connectivity index (χ3n) is 4.24. The zero-order chi connectivity index (χ0) is 22.1. The number of carbonyl (C=O) groups excluding carboxylic acids is 2. The van der Waals surface area contributed by atoms with Crippen LogP contribution in [0.25, 0.3) is 6.08 Å². The first kappa shape index (κ1) is 22.1. The fourth-order valence-corrected chi connectivity index (χ4v) is 4.59. The van der Waals surface area contributed by atoms with Gasteiger partial charge in [-0.1, -0.05) is 23.2 Å². The van der Waals surface area contributed by atoms with E-state index in [2.05, 4.69) is 5.32 Å². The summed E-state index contributed by atoms with van der Waals surface area (Å²) in [7, 11) is -3.03. The van der Waals surface area contributed by atoms with Crippen LogP contribution in [0.2, 0.25) is 10.0 Å². The second-order valence-electron chi connectivity index (χ2n) is 6.23. The standard InChI is InChI=1S/C19H15Cl2FN2O5S/c1-29-18-11(7-14(22)8-16(18)21)6-12-9-23-17(25)10-24(19(12)26)30(27,28)15-4-2-13(20)3-5-15/h2-8H,9-10H2,1H3,(H,23,25)/b12-6+. The highest BCUT2D eigenvalue weighted by molar-refractivity contribution is 7.89. The van der Waals surface area contributed by atoms with Gasteiger partial charge in [0, 0.05) is 22.7 Å². The molecule has 2 aromatic carbocycles. The van der Waals surface area contributed by atoms with Crippen LogP contribution in [0.15, 0.2) is 46.9 Å². The number of sulfonamides is 1. The number of rotatable bonds is 4. The average molecular weight is 473 g/mol. The van der Waals surface area contributed by atoms with Gasteiger partial charge in [-0.3, -0.25) is 9.59 Å². The van der Waals surface area contributed by atoms with Crippen molar-refractivity contribution in [1.29, 1.82) is 0 Å². The van der Waals surface area contributed by atoms with Crippen LogP contribution >= 0.6 is 23.2 Å². The van der Waals surface area contributed by atoms with Crippen molar-refractivity contribution in [2.75, 3.05) is 20.2 Å². The van der Waals surface area contributed by atoms with Gasteiger partial charge >= 0.3 is 0 Å². The molecule has 11 heteroatoms. The predicted molar refractivity (Wildman–Crippen MR) is 109 cm³/mol. The first-order valence-electron chi connectivity index (χ1n) is 8.46. The topological polar surface area (TPSA) is 92.8 Å². The summed E-state index contributed by atoms with van der Waals surface area (Å²) in [6.07, 6.45) is 1.23. The molecule has 1 saturated heterocycles. The van der Waals surface area contributed by atoms with E-state index in [4.69, 9.17) is 27.9 Å². The van der Waals surface area contributed by atoms with E-state index in [0.29, 0.717) is 9.33 Å². The molecule has 2 aromatic rings. The molecule has 158 valence electrons. The first-order chi connectivity index (χ1) is 14.1. The minimum Gasteiger partial charge on any atom is -0.495 e. The molecule has 1 N–H and O–H groups in total. The molecule has 0 saturated carbocycles. The number of hydrogen-bond acceptors (Lipinski definition) is 5. The lowest BCUT2D eigenvalue weighted by Crippen LogP contribution is -2.40. The summed E-state index contributed by atoms with van der Waals surface area (Å²) in [5.41, 5.74) is 0.0178. The number of nitrogens with zero attached hydrogens (tertiary/aromatic N) is 1. The van der Waals surface area contributed by atoms with E-state index < -0.39 is 34.2 Å². The lowest BCUT2D eigenvalue weighted by molar-refractivity contribution is -0.127. The Morgan fingerprint density at radius 3 is 2.47 bits per heavy atom. The Kier molecular flexibility index (Phi) is 6.35. The van der Waals surface area contributed by atoms with Gasteiger partial charge in [0.1, 0.15) is 18.1 Å². The van der Waals surface area contributed by atoms with Crippen LogP contribution in [0.3, 0.4) is 0 Å². The molecule has 0 atom stereocenters. The smallest absolute Gasteiger partial charge is 0.267 e. The number of carbonyl (C=O) groups is 2. The van der Waals surface area contributed by atoms with Gasteiger partial charge in [0.2, 0.25) is 5.91 Å². The van der Waals surface area contributed by atoms with Gasteiger partial charge in [0.15, 0.2) is 0 Å². The third kappa shape index (κ3) is 4.43. The van der Waals surface area contributed by atoms with Crippen LogP contribution in [-0.2, 0) is 19.6 Å². The Morgan fingerprint density at radius 2 is 1.83 bits per heavy atom. The molecule has 2 amide bonds. The normalized spacial score (nSPS) is 16.4. The molecule has 1 heterocycles. The van der Waals surface area contributed by atoms with Gasteiger partial charge in [-0.25, -0.2) is 17.1 Å². The molecule has 0 radical (unpaired) electrons. The monoisotopic (exact) mass is 472 g/mol. The van der Waals surface area contributed by atoms with E-state index in [-0.39, 0.29) is 33.3 Å². The lowest BCUT2D eigenvalue weighted by Gasteiger charge is -2.20. The SMILES string of the molecule is COc1c(Cl)cc(F)cc1/C=C1\CNC(=O)CN(S(=O)(=O)c2ccc(Cl)cc2)C1=O. The summed E-state index contributed by atoms with van der Waals surface area (Å²) >= 11 is 11.8. The number of amides is 2. The Bertz CT molecular complexity index is 1150. The molecule has 0 unspecified atom stereocenters. The number of methoxy groups -OCH3 is 1.